The Labute approximate surface area is 169 Å². The van der Waals surface area contributed by atoms with Crippen molar-refractivity contribution < 1.29 is 0 Å². The topological polar surface area (TPSA) is 32.5 Å². The van der Waals surface area contributed by atoms with Crippen LogP contribution in [0, 0.1) is 12.8 Å². The number of allylic oxidation sites excluding steroid dienone is 2. The molecule has 0 fully saturated rings. The molecule has 3 nitrogen and oxygen atoms in total. The molecule has 2 aromatic carbocycles. The molecular weight excluding hydrogens is 342 g/mol. The molecule has 0 spiro atoms. The standard InChI is InChI=1S/C25H31N3/c1-8-28-18(5)14-22(16(2)3)23-15-20(10-12-25(23)28)27(7)19(6)21-11-9-17(4)13-24(21)26/h9-16H,5-6,8,26H2,1-4,7H3. The van der Waals surface area contributed by atoms with Crippen molar-refractivity contribution in [2.24, 2.45) is 5.92 Å². The summed E-state index contributed by atoms with van der Waals surface area (Å²) in [5, 5.41) is 0. The minimum Gasteiger partial charge on any atom is -0.398 e. The van der Waals surface area contributed by atoms with Gasteiger partial charge in [-0.15, -0.1) is 0 Å². The van der Waals surface area contributed by atoms with E-state index in [-0.39, 0.29) is 0 Å². The zero-order chi connectivity index (χ0) is 20.6. The summed E-state index contributed by atoms with van der Waals surface area (Å²) >= 11 is 0. The van der Waals surface area contributed by atoms with Crippen molar-refractivity contribution in [2.75, 3.05) is 29.1 Å². The van der Waals surface area contributed by atoms with Crippen LogP contribution in [-0.4, -0.2) is 13.6 Å². The largest absolute Gasteiger partial charge is 0.398 e. The van der Waals surface area contributed by atoms with Gasteiger partial charge >= 0.3 is 0 Å². The number of likely N-dealkylation sites (N-methyl/N-ethyl adjacent to an activating group) is 1. The summed E-state index contributed by atoms with van der Waals surface area (Å²) in [7, 11) is 2.04. The Morgan fingerprint density at radius 3 is 2.50 bits per heavy atom. The van der Waals surface area contributed by atoms with Crippen molar-refractivity contribution in [3.05, 3.63) is 78.0 Å². The summed E-state index contributed by atoms with van der Waals surface area (Å²) in [5.41, 5.74) is 16.0. The molecule has 0 saturated carbocycles. The molecule has 0 saturated heterocycles. The molecular formula is C25H31N3. The third-order valence-corrected chi connectivity index (χ3v) is 5.50. The van der Waals surface area contributed by atoms with E-state index in [1.165, 1.54) is 16.8 Å². The van der Waals surface area contributed by atoms with Crippen LogP contribution >= 0.6 is 0 Å². The van der Waals surface area contributed by atoms with E-state index in [1.807, 2.05) is 26.1 Å². The van der Waals surface area contributed by atoms with Crippen LogP contribution in [0.25, 0.3) is 11.3 Å². The first kappa shape index (κ1) is 19.8. The highest BCUT2D eigenvalue weighted by Gasteiger charge is 2.23. The molecule has 0 aromatic heterocycles. The van der Waals surface area contributed by atoms with Gasteiger partial charge in [-0.05, 0) is 61.2 Å². The second-order valence-electron chi connectivity index (χ2n) is 7.79. The second-order valence-corrected chi connectivity index (χ2v) is 7.79. The smallest absolute Gasteiger partial charge is 0.0488 e. The van der Waals surface area contributed by atoms with Crippen LogP contribution in [0.3, 0.4) is 0 Å². The van der Waals surface area contributed by atoms with Crippen molar-refractivity contribution in [2.45, 2.75) is 27.7 Å². The summed E-state index contributed by atoms with van der Waals surface area (Å²) in [5.74, 6) is 0.422. The molecule has 0 amide bonds. The van der Waals surface area contributed by atoms with Crippen LogP contribution in [0.2, 0.25) is 0 Å². The van der Waals surface area contributed by atoms with Gasteiger partial charge < -0.3 is 15.5 Å². The molecule has 1 heterocycles. The number of benzene rings is 2. The quantitative estimate of drug-likeness (QED) is 0.645. The van der Waals surface area contributed by atoms with Crippen LogP contribution in [0.5, 0.6) is 0 Å². The number of hydrogen-bond donors (Lipinski definition) is 1. The fraction of sp³-hybridized carbons (Fsp3) is 0.280. The average molecular weight is 374 g/mol. The fourth-order valence-corrected chi connectivity index (χ4v) is 3.82. The molecule has 0 radical (unpaired) electrons. The number of nitrogens with zero attached hydrogens (tertiary/aromatic N) is 2. The first-order valence-corrected chi connectivity index (χ1v) is 9.86. The Bertz CT molecular complexity index is 966. The monoisotopic (exact) mass is 373 g/mol. The Morgan fingerprint density at radius 2 is 1.89 bits per heavy atom. The van der Waals surface area contributed by atoms with Gasteiger partial charge in [-0.1, -0.05) is 39.1 Å². The van der Waals surface area contributed by atoms with E-state index in [4.69, 9.17) is 5.73 Å². The van der Waals surface area contributed by atoms with E-state index < -0.39 is 0 Å². The maximum atomic E-state index is 6.25. The van der Waals surface area contributed by atoms with E-state index in [9.17, 15) is 0 Å². The Kier molecular flexibility index (Phi) is 5.37. The number of fused-ring (bicyclic) bond motifs is 1. The highest BCUT2D eigenvalue weighted by Crippen LogP contribution is 2.41. The number of hydrogen-bond acceptors (Lipinski definition) is 3. The SMILES string of the molecule is C=C(c1ccc(C)cc1N)N(C)c1ccc2c(c1)C(C(C)C)=CC(=C)N2CC. The summed E-state index contributed by atoms with van der Waals surface area (Å²) in [4.78, 5) is 4.37. The maximum absolute atomic E-state index is 6.25. The minimum absolute atomic E-state index is 0.422. The van der Waals surface area contributed by atoms with Crippen molar-refractivity contribution in [1.29, 1.82) is 0 Å². The van der Waals surface area contributed by atoms with Crippen LogP contribution in [0.1, 0.15) is 37.5 Å². The minimum atomic E-state index is 0.422. The normalized spacial score (nSPS) is 13.4. The lowest BCUT2D eigenvalue weighted by atomic mass is 9.89. The Balaban J connectivity index is 2.03. The lowest BCUT2D eigenvalue weighted by Gasteiger charge is -2.34. The predicted molar refractivity (Wildman–Crippen MR) is 124 cm³/mol. The summed E-state index contributed by atoms with van der Waals surface area (Å²) in [6, 6.07) is 12.7. The van der Waals surface area contributed by atoms with Gasteiger partial charge in [0.2, 0.25) is 0 Å². The molecule has 146 valence electrons. The zero-order valence-electron chi connectivity index (χ0n) is 17.7. The molecule has 0 aliphatic carbocycles. The number of nitrogens with two attached hydrogens (primary N) is 1. The van der Waals surface area contributed by atoms with Crippen LogP contribution in [0.4, 0.5) is 17.1 Å². The first-order valence-electron chi connectivity index (χ1n) is 9.86. The van der Waals surface area contributed by atoms with Crippen molar-refractivity contribution in [3.63, 3.8) is 0 Å². The third kappa shape index (κ3) is 3.45. The number of aryl methyl sites for hydroxylation is 1. The molecule has 28 heavy (non-hydrogen) atoms. The van der Waals surface area contributed by atoms with E-state index in [0.29, 0.717) is 5.92 Å². The van der Waals surface area contributed by atoms with Gasteiger partial charge in [0.25, 0.3) is 0 Å². The molecule has 3 rings (SSSR count). The van der Waals surface area contributed by atoms with Gasteiger partial charge in [-0.25, -0.2) is 0 Å². The van der Waals surface area contributed by atoms with E-state index in [1.54, 1.807) is 0 Å². The van der Waals surface area contributed by atoms with E-state index in [2.05, 4.69) is 74.1 Å². The van der Waals surface area contributed by atoms with Gasteiger partial charge in [-0.3, -0.25) is 0 Å². The molecule has 2 aromatic rings. The summed E-state index contributed by atoms with van der Waals surface area (Å²) in [6.45, 7) is 18.1. The highest BCUT2D eigenvalue weighted by atomic mass is 15.1. The lowest BCUT2D eigenvalue weighted by Crippen LogP contribution is -2.25. The molecule has 2 N–H and O–H groups in total. The van der Waals surface area contributed by atoms with Gasteiger partial charge in [0.1, 0.15) is 0 Å². The molecule has 0 unspecified atom stereocenters. The number of anilines is 3. The van der Waals surface area contributed by atoms with Gasteiger partial charge in [-0.2, -0.15) is 0 Å². The van der Waals surface area contributed by atoms with Crippen LogP contribution in [0.15, 0.2) is 61.3 Å². The van der Waals surface area contributed by atoms with Gasteiger partial charge in [0, 0.05) is 53.2 Å². The zero-order valence-corrected chi connectivity index (χ0v) is 17.7. The average Bonchev–Trinajstić information content (AvgIpc) is 2.65. The second kappa shape index (κ2) is 7.59. The molecule has 0 atom stereocenters. The Morgan fingerprint density at radius 1 is 1.18 bits per heavy atom. The fourth-order valence-electron chi connectivity index (χ4n) is 3.82. The molecule has 1 aliphatic rings. The van der Waals surface area contributed by atoms with E-state index in [0.717, 1.165) is 40.4 Å². The van der Waals surface area contributed by atoms with Crippen LogP contribution < -0.4 is 15.5 Å². The number of rotatable bonds is 5. The summed E-state index contributed by atoms with van der Waals surface area (Å²) in [6.07, 6.45) is 2.22. The van der Waals surface area contributed by atoms with Crippen molar-refractivity contribution >= 4 is 28.3 Å². The molecule has 0 bridgehead atoms. The van der Waals surface area contributed by atoms with Gasteiger partial charge in [0.05, 0.1) is 0 Å². The van der Waals surface area contributed by atoms with Crippen LogP contribution in [-0.2, 0) is 0 Å². The highest BCUT2D eigenvalue weighted by molar-refractivity contribution is 5.89. The van der Waals surface area contributed by atoms with Crippen molar-refractivity contribution in [3.8, 4) is 0 Å². The van der Waals surface area contributed by atoms with Crippen molar-refractivity contribution in [1.82, 2.24) is 0 Å². The van der Waals surface area contributed by atoms with Gasteiger partial charge in [0.15, 0.2) is 0 Å². The summed E-state index contributed by atoms with van der Waals surface area (Å²) < 4.78 is 0. The third-order valence-electron chi connectivity index (χ3n) is 5.50. The Hall–Kier alpha value is -2.94. The number of nitrogen functional groups attached to an aromatic ring is 1. The first-order chi connectivity index (χ1) is 13.2. The lowest BCUT2D eigenvalue weighted by molar-refractivity contribution is 0.843. The van der Waals surface area contributed by atoms with E-state index >= 15 is 0 Å². The molecule has 3 heteroatoms. The maximum Gasteiger partial charge on any atom is 0.0488 e. The predicted octanol–water partition coefficient (Wildman–Crippen LogP) is 6.08. The molecule has 1 aliphatic heterocycles.